The Kier molecular flexibility index (Phi) is 13.1. The lowest BCUT2D eigenvalue weighted by Gasteiger charge is -2.24. The van der Waals surface area contributed by atoms with Gasteiger partial charge in [-0.25, -0.2) is 4.79 Å². The first-order valence-corrected chi connectivity index (χ1v) is 10.1. The van der Waals surface area contributed by atoms with Gasteiger partial charge in [-0.15, -0.1) is 0 Å². The van der Waals surface area contributed by atoms with Crippen molar-refractivity contribution in [3.63, 3.8) is 0 Å². The number of carbonyl (C=O) groups excluding carboxylic acids is 3. The Balaban J connectivity index is 5.48. The molecule has 15 nitrogen and oxygen atoms in total. The Labute approximate surface area is 192 Å². The zero-order valence-electron chi connectivity index (χ0n) is 17.2. The lowest BCUT2D eigenvalue weighted by molar-refractivity contribution is -0.143. The largest absolute Gasteiger partial charge is 0.481 e. The molecule has 0 aliphatic heterocycles. The number of nitrogens with one attached hydrogen (secondary N) is 3. The molecule has 4 unspecified atom stereocenters. The first-order valence-electron chi connectivity index (χ1n) is 9.44. The van der Waals surface area contributed by atoms with Gasteiger partial charge in [0.25, 0.3) is 0 Å². The van der Waals surface area contributed by atoms with Gasteiger partial charge in [0.05, 0.1) is 12.5 Å². The topological polar surface area (TPSA) is 263 Å². The minimum Gasteiger partial charge on any atom is -0.481 e. The third-order valence-corrected chi connectivity index (χ3v) is 4.46. The van der Waals surface area contributed by atoms with Crippen molar-refractivity contribution < 1.29 is 54.0 Å². The maximum Gasteiger partial charge on any atom is 0.327 e. The Morgan fingerprint density at radius 2 is 1.12 bits per heavy atom. The molecule has 0 aromatic heterocycles. The number of thiol groups is 1. The highest BCUT2D eigenvalue weighted by molar-refractivity contribution is 7.80. The Morgan fingerprint density at radius 3 is 1.58 bits per heavy atom. The minimum absolute atomic E-state index is 0.279. The summed E-state index contributed by atoms with van der Waals surface area (Å²) in [5.41, 5.74) is 5.56. The molecule has 0 aromatic carbocycles. The molecule has 16 heteroatoms. The van der Waals surface area contributed by atoms with Crippen LogP contribution >= 0.6 is 12.6 Å². The Hall–Kier alpha value is -3.40. The molecular weight excluding hydrogens is 468 g/mol. The predicted octanol–water partition coefficient (Wildman–Crippen LogP) is -3.01. The first kappa shape index (κ1) is 29.6. The van der Waals surface area contributed by atoms with Crippen molar-refractivity contribution in [1.29, 1.82) is 0 Å². The van der Waals surface area contributed by atoms with Crippen LogP contribution in [0.2, 0.25) is 0 Å². The average molecular weight is 494 g/mol. The molecule has 0 fully saturated rings. The number of rotatable bonds is 16. The van der Waals surface area contributed by atoms with Crippen LogP contribution in [0.3, 0.4) is 0 Å². The van der Waals surface area contributed by atoms with E-state index >= 15 is 0 Å². The van der Waals surface area contributed by atoms with E-state index in [0.717, 1.165) is 0 Å². The molecule has 0 heterocycles. The number of aliphatic carboxylic acids is 4. The Morgan fingerprint density at radius 1 is 0.667 bits per heavy atom. The van der Waals surface area contributed by atoms with E-state index in [-0.39, 0.29) is 12.2 Å². The van der Waals surface area contributed by atoms with Crippen LogP contribution in [0.4, 0.5) is 0 Å². The molecule has 0 saturated carbocycles. The van der Waals surface area contributed by atoms with Gasteiger partial charge in [0, 0.05) is 18.6 Å². The van der Waals surface area contributed by atoms with E-state index in [1.165, 1.54) is 0 Å². The highest BCUT2D eigenvalue weighted by Gasteiger charge is 2.31. The SMILES string of the molecule is NC(CCC(=O)O)C(=O)NC(CCC(=O)O)C(=O)NC(CC(=O)O)C(=O)NC(CS)C(=O)O. The summed E-state index contributed by atoms with van der Waals surface area (Å²) in [6.45, 7) is 0. The standard InChI is InChI=1S/C17H26N4O11S/c18-7(1-3-11(22)23)14(28)19-8(2-4-12(24)25)15(29)20-9(5-13(26)27)16(30)21-10(6-33)17(31)32/h7-10,33H,1-6,18H2,(H,19,28)(H,20,29)(H,21,30)(H,22,23)(H,24,25)(H,26,27)(H,31,32). The monoisotopic (exact) mass is 494 g/mol. The van der Waals surface area contributed by atoms with Crippen LogP contribution in [-0.2, 0) is 33.6 Å². The van der Waals surface area contributed by atoms with Crippen molar-refractivity contribution in [2.45, 2.75) is 56.3 Å². The summed E-state index contributed by atoms with van der Waals surface area (Å²) in [7, 11) is 0. The van der Waals surface area contributed by atoms with E-state index in [2.05, 4.69) is 17.9 Å². The van der Waals surface area contributed by atoms with Crippen LogP contribution in [0, 0.1) is 0 Å². The summed E-state index contributed by atoms with van der Waals surface area (Å²) < 4.78 is 0. The van der Waals surface area contributed by atoms with Crippen molar-refractivity contribution >= 4 is 54.2 Å². The molecule has 0 aromatic rings. The predicted molar refractivity (Wildman–Crippen MR) is 111 cm³/mol. The van der Waals surface area contributed by atoms with E-state index in [1.807, 2.05) is 10.6 Å². The molecule has 3 amide bonds. The van der Waals surface area contributed by atoms with Gasteiger partial charge in [0.15, 0.2) is 0 Å². The highest BCUT2D eigenvalue weighted by atomic mass is 32.1. The smallest absolute Gasteiger partial charge is 0.327 e. The van der Waals surface area contributed by atoms with Crippen LogP contribution < -0.4 is 21.7 Å². The summed E-state index contributed by atoms with van der Waals surface area (Å²) >= 11 is 3.75. The van der Waals surface area contributed by atoms with Gasteiger partial charge in [-0.1, -0.05) is 0 Å². The van der Waals surface area contributed by atoms with E-state index in [4.69, 9.17) is 26.2 Å². The molecule has 0 spiro atoms. The molecule has 4 atom stereocenters. The zero-order valence-corrected chi connectivity index (χ0v) is 18.1. The van der Waals surface area contributed by atoms with Gasteiger partial charge in [0.1, 0.15) is 18.1 Å². The second-order valence-corrected chi connectivity index (χ2v) is 7.14. The fourth-order valence-corrected chi connectivity index (χ4v) is 2.59. The van der Waals surface area contributed by atoms with Gasteiger partial charge in [0.2, 0.25) is 17.7 Å². The molecule has 186 valence electrons. The summed E-state index contributed by atoms with van der Waals surface area (Å²) in [6.07, 6.45) is -2.74. The number of carboxylic acids is 4. The van der Waals surface area contributed by atoms with Crippen LogP contribution in [0.5, 0.6) is 0 Å². The highest BCUT2D eigenvalue weighted by Crippen LogP contribution is 2.04. The normalized spacial score (nSPS) is 14.1. The first-order chi connectivity index (χ1) is 15.3. The van der Waals surface area contributed by atoms with Crippen LogP contribution in [0.15, 0.2) is 0 Å². The molecule has 33 heavy (non-hydrogen) atoms. The summed E-state index contributed by atoms with van der Waals surface area (Å²) in [5, 5.41) is 41.7. The van der Waals surface area contributed by atoms with Gasteiger partial charge < -0.3 is 42.1 Å². The minimum atomic E-state index is -1.76. The van der Waals surface area contributed by atoms with Crippen molar-refractivity contribution in [2.24, 2.45) is 5.73 Å². The van der Waals surface area contributed by atoms with Gasteiger partial charge >= 0.3 is 23.9 Å². The Bertz CT molecular complexity index is 776. The maximum atomic E-state index is 12.6. The lowest BCUT2D eigenvalue weighted by atomic mass is 10.1. The molecule has 0 saturated heterocycles. The van der Waals surface area contributed by atoms with Crippen LogP contribution in [0.1, 0.15) is 32.1 Å². The van der Waals surface area contributed by atoms with E-state index < -0.39 is 91.4 Å². The number of hydrogen-bond donors (Lipinski definition) is 9. The van der Waals surface area contributed by atoms with Crippen LogP contribution in [0.25, 0.3) is 0 Å². The van der Waals surface area contributed by atoms with Crippen molar-refractivity contribution in [3.8, 4) is 0 Å². The van der Waals surface area contributed by atoms with Gasteiger partial charge in [-0.3, -0.25) is 28.8 Å². The number of hydrogen-bond acceptors (Lipinski definition) is 9. The van der Waals surface area contributed by atoms with E-state index in [9.17, 15) is 33.6 Å². The maximum absolute atomic E-state index is 12.6. The quantitative estimate of drug-likeness (QED) is 0.0971. The molecule has 0 radical (unpaired) electrons. The van der Waals surface area contributed by atoms with E-state index in [1.54, 1.807) is 0 Å². The molecule has 0 aliphatic rings. The van der Waals surface area contributed by atoms with Crippen molar-refractivity contribution in [2.75, 3.05) is 5.75 Å². The summed E-state index contributed by atoms with van der Waals surface area (Å²) in [4.78, 5) is 80.7. The summed E-state index contributed by atoms with van der Waals surface area (Å²) in [6, 6.07) is -6.15. The molecule has 9 N–H and O–H groups in total. The fourth-order valence-electron chi connectivity index (χ4n) is 2.34. The van der Waals surface area contributed by atoms with Gasteiger partial charge in [-0.05, 0) is 12.8 Å². The average Bonchev–Trinajstić information content (AvgIpc) is 2.71. The number of carboxylic acid groups (broad SMARTS) is 4. The van der Waals surface area contributed by atoms with Crippen molar-refractivity contribution in [3.05, 3.63) is 0 Å². The molecule has 0 bridgehead atoms. The van der Waals surface area contributed by atoms with Crippen LogP contribution in [-0.4, -0.2) is 91.9 Å². The third kappa shape index (κ3) is 12.3. The van der Waals surface area contributed by atoms with E-state index in [0.29, 0.717) is 0 Å². The fraction of sp³-hybridized carbons (Fsp3) is 0.588. The third-order valence-electron chi connectivity index (χ3n) is 4.09. The molecule has 0 aliphatic carbocycles. The molecular formula is C17H26N4O11S. The number of nitrogens with two attached hydrogens (primary N) is 1. The molecule has 0 rings (SSSR count). The zero-order chi connectivity index (χ0) is 25.7. The van der Waals surface area contributed by atoms with Gasteiger partial charge in [-0.2, -0.15) is 12.6 Å². The number of carbonyl (C=O) groups is 7. The second kappa shape index (κ2) is 14.6. The summed E-state index contributed by atoms with van der Waals surface area (Å²) in [5.74, 6) is -9.11. The number of amides is 3. The second-order valence-electron chi connectivity index (χ2n) is 6.77. The lowest BCUT2D eigenvalue weighted by Crippen LogP contribution is -2.57. The van der Waals surface area contributed by atoms with Crippen molar-refractivity contribution in [1.82, 2.24) is 16.0 Å².